The van der Waals surface area contributed by atoms with E-state index in [1.807, 2.05) is 29.3 Å². The second-order valence-corrected chi connectivity index (χ2v) is 11.8. The molecule has 8 rings (SSSR count). The highest BCUT2D eigenvalue weighted by molar-refractivity contribution is 5.53. The average Bonchev–Trinajstić information content (AvgIpc) is 3.59. The first kappa shape index (κ1) is 20.6. The van der Waals surface area contributed by atoms with Gasteiger partial charge < -0.3 is 14.9 Å². The fourth-order valence-electron chi connectivity index (χ4n) is 8.60. The Balaban J connectivity index is 1.17. The Bertz CT molecular complexity index is 1090. The normalized spacial score (nSPS) is 46.4. The van der Waals surface area contributed by atoms with Gasteiger partial charge in [-0.25, -0.2) is 0 Å². The highest BCUT2D eigenvalue weighted by Crippen LogP contribution is 2.70. The molecule has 0 amide bonds. The summed E-state index contributed by atoms with van der Waals surface area (Å²) < 4.78 is 6.72. The van der Waals surface area contributed by atoms with Gasteiger partial charge in [-0.2, -0.15) is 0 Å². The molecular formula is C28H34N2O4. The number of ether oxygens (including phenoxy) is 1. The molecule has 1 aromatic rings. The molecule has 2 N–H and O–H groups in total. The SMILES string of the molecule is OC12C=CC3=C4C1O[C@H]1C(CCC5(O)[C@@H](C3)N(CC3CC3)CC[C@]415)N2OCCc1ccccc1. The van der Waals surface area contributed by atoms with Crippen molar-refractivity contribution in [3.8, 4) is 0 Å². The molecule has 34 heavy (non-hydrogen) atoms. The molecule has 4 unspecified atom stereocenters. The summed E-state index contributed by atoms with van der Waals surface area (Å²) in [4.78, 5) is 9.02. The molecule has 3 aliphatic heterocycles. The summed E-state index contributed by atoms with van der Waals surface area (Å²) in [5.74, 6) is 0.809. The molecule has 2 saturated carbocycles. The lowest BCUT2D eigenvalue weighted by Crippen LogP contribution is -2.75. The van der Waals surface area contributed by atoms with Gasteiger partial charge in [0.1, 0.15) is 6.10 Å². The number of allylic oxidation sites excluding steroid dienone is 1. The molecule has 0 aromatic heterocycles. The fourth-order valence-corrected chi connectivity index (χ4v) is 8.60. The number of nitrogens with zero attached hydrogens (tertiary/aromatic N) is 2. The van der Waals surface area contributed by atoms with E-state index in [-0.39, 0.29) is 18.2 Å². The summed E-state index contributed by atoms with van der Waals surface area (Å²) in [6.45, 7) is 2.64. The van der Waals surface area contributed by atoms with Crippen LogP contribution in [0.2, 0.25) is 0 Å². The Hall–Kier alpha value is -1.54. The Morgan fingerprint density at radius 3 is 2.76 bits per heavy atom. The van der Waals surface area contributed by atoms with Gasteiger partial charge in [-0.05, 0) is 80.2 Å². The maximum Gasteiger partial charge on any atom is 0.190 e. The number of benzene rings is 1. The zero-order valence-electron chi connectivity index (χ0n) is 19.6. The molecule has 0 radical (unpaired) electrons. The fraction of sp³-hybridized carbons (Fsp3) is 0.643. The molecule has 180 valence electrons. The zero-order chi connectivity index (χ0) is 22.7. The minimum Gasteiger partial charge on any atom is -0.387 e. The van der Waals surface area contributed by atoms with Gasteiger partial charge in [0.15, 0.2) is 5.72 Å². The number of piperidine rings is 1. The van der Waals surface area contributed by atoms with Crippen LogP contribution < -0.4 is 0 Å². The largest absolute Gasteiger partial charge is 0.387 e. The minimum absolute atomic E-state index is 0.0625. The summed E-state index contributed by atoms with van der Waals surface area (Å²) in [5, 5.41) is 26.4. The highest BCUT2D eigenvalue weighted by atomic mass is 16.7. The van der Waals surface area contributed by atoms with Crippen molar-refractivity contribution in [2.45, 2.75) is 80.6 Å². The van der Waals surface area contributed by atoms with Gasteiger partial charge >= 0.3 is 0 Å². The van der Waals surface area contributed by atoms with Crippen molar-refractivity contribution in [3.63, 3.8) is 0 Å². The van der Waals surface area contributed by atoms with E-state index in [9.17, 15) is 10.2 Å². The van der Waals surface area contributed by atoms with Gasteiger partial charge in [-0.15, -0.1) is 5.06 Å². The second-order valence-electron chi connectivity index (χ2n) is 11.8. The van der Waals surface area contributed by atoms with Crippen molar-refractivity contribution in [1.29, 1.82) is 0 Å². The van der Waals surface area contributed by atoms with E-state index in [4.69, 9.17) is 9.57 Å². The molecule has 1 spiro atoms. The van der Waals surface area contributed by atoms with Gasteiger partial charge in [-0.3, -0.25) is 9.74 Å². The molecule has 5 fully saturated rings. The van der Waals surface area contributed by atoms with Gasteiger partial charge in [0.05, 0.1) is 29.8 Å². The van der Waals surface area contributed by atoms with Crippen LogP contribution in [0.5, 0.6) is 0 Å². The first-order chi connectivity index (χ1) is 16.5. The maximum absolute atomic E-state index is 12.5. The number of morpholine rings is 1. The third-order valence-electron chi connectivity index (χ3n) is 10.2. The molecule has 1 aromatic carbocycles. The van der Waals surface area contributed by atoms with Crippen molar-refractivity contribution in [2.75, 3.05) is 19.7 Å². The van der Waals surface area contributed by atoms with Crippen LogP contribution in [0.4, 0.5) is 0 Å². The topological polar surface area (TPSA) is 65.4 Å². The Kier molecular flexibility index (Phi) is 4.13. The number of likely N-dealkylation sites (tertiary alicyclic amines) is 1. The lowest BCUT2D eigenvalue weighted by atomic mass is 9.48. The van der Waals surface area contributed by atoms with Crippen molar-refractivity contribution < 1.29 is 19.8 Å². The standard InChI is InChI=1S/C28H34N2O4/c31-27-11-9-21-24-26(27)13-14-29(17-19-6-7-19)22(27)16-20-8-12-28(32,25(34-24)23(20)26)30(21)33-15-10-18-4-2-1-3-5-18/h1-5,8,12,19,21-22,24-25,31-32H,6-7,9-11,13-17H2/t21?,22-,24+,25?,26+,27?,28?/m1/s1. The molecular weight excluding hydrogens is 428 g/mol. The molecule has 3 saturated heterocycles. The van der Waals surface area contributed by atoms with Crippen molar-refractivity contribution >= 4 is 0 Å². The van der Waals surface area contributed by atoms with Crippen LogP contribution in [-0.4, -0.2) is 75.5 Å². The lowest BCUT2D eigenvalue weighted by Gasteiger charge is -2.64. The van der Waals surface area contributed by atoms with E-state index in [1.54, 1.807) is 0 Å². The number of hydrogen-bond donors (Lipinski definition) is 2. The molecule has 7 aliphatic rings. The second kappa shape index (κ2) is 6.81. The Morgan fingerprint density at radius 2 is 1.94 bits per heavy atom. The minimum atomic E-state index is -1.32. The highest BCUT2D eigenvalue weighted by Gasteiger charge is 2.79. The summed E-state index contributed by atoms with van der Waals surface area (Å²) in [7, 11) is 0. The van der Waals surface area contributed by atoms with E-state index >= 15 is 0 Å². The van der Waals surface area contributed by atoms with Crippen LogP contribution in [0.1, 0.15) is 44.1 Å². The molecule has 7 bridgehead atoms. The number of hydroxylamine groups is 2. The van der Waals surface area contributed by atoms with Crippen molar-refractivity contribution in [1.82, 2.24) is 9.96 Å². The zero-order valence-corrected chi connectivity index (χ0v) is 19.6. The number of rotatable bonds is 6. The quantitative estimate of drug-likeness (QED) is 0.678. The van der Waals surface area contributed by atoms with Crippen LogP contribution in [0, 0.1) is 11.3 Å². The van der Waals surface area contributed by atoms with Gasteiger partial charge in [-0.1, -0.05) is 36.4 Å². The number of aliphatic hydroxyl groups is 2. The van der Waals surface area contributed by atoms with Crippen LogP contribution in [0.25, 0.3) is 0 Å². The van der Waals surface area contributed by atoms with Crippen LogP contribution in [0.15, 0.2) is 53.6 Å². The molecule has 6 nitrogen and oxygen atoms in total. The van der Waals surface area contributed by atoms with E-state index < -0.39 is 22.8 Å². The smallest absolute Gasteiger partial charge is 0.190 e. The van der Waals surface area contributed by atoms with E-state index in [0.717, 1.165) is 51.1 Å². The monoisotopic (exact) mass is 462 g/mol. The Labute approximate surface area is 200 Å². The first-order valence-electron chi connectivity index (χ1n) is 13.3. The van der Waals surface area contributed by atoms with Gasteiger partial charge in [0.25, 0.3) is 0 Å². The Morgan fingerprint density at radius 1 is 1.09 bits per heavy atom. The third-order valence-corrected chi connectivity index (χ3v) is 10.2. The van der Waals surface area contributed by atoms with Gasteiger partial charge in [0.2, 0.25) is 0 Å². The summed E-state index contributed by atoms with van der Waals surface area (Å²) in [5.41, 5.74) is 1.19. The van der Waals surface area contributed by atoms with Crippen LogP contribution in [-0.2, 0) is 16.0 Å². The van der Waals surface area contributed by atoms with Crippen molar-refractivity contribution in [3.05, 3.63) is 59.2 Å². The summed E-state index contributed by atoms with van der Waals surface area (Å²) in [6.07, 6.45) is 10.2. The maximum atomic E-state index is 12.5. The van der Waals surface area contributed by atoms with E-state index in [0.29, 0.717) is 6.61 Å². The third kappa shape index (κ3) is 2.42. The predicted molar refractivity (Wildman–Crippen MR) is 125 cm³/mol. The predicted octanol–water partition coefficient (Wildman–Crippen LogP) is 2.57. The molecule has 4 aliphatic carbocycles. The van der Waals surface area contributed by atoms with Crippen LogP contribution in [0.3, 0.4) is 0 Å². The first-order valence-corrected chi connectivity index (χ1v) is 13.3. The molecule has 7 atom stereocenters. The summed E-state index contributed by atoms with van der Waals surface area (Å²) >= 11 is 0. The summed E-state index contributed by atoms with van der Waals surface area (Å²) in [6, 6.07) is 10.4. The average molecular weight is 463 g/mol. The molecule has 3 heterocycles. The van der Waals surface area contributed by atoms with E-state index in [1.165, 1.54) is 29.6 Å². The van der Waals surface area contributed by atoms with E-state index in [2.05, 4.69) is 23.1 Å². The number of hydrogen-bond acceptors (Lipinski definition) is 6. The van der Waals surface area contributed by atoms with Gasteiger partial charge in [0, 0.05) is 12.6 Å². The molecule has 6 heteroatoms. The van der Waals surface area contributed by atoms with Crippen molar-refractivity contribution in [2.24, 2.45) is 11.3 Å². The van der Waals surface area contributed by atoms with Crippen LogP contribution >= 0.6 is 0 Å². The lowest BCUT2D eigenvalue weighted by molar-refractivity contribution is -0.371.